The molecule has 1 aliphatic rings. The van der Waals surface area contributed by atoms with Gasteiger partial charge in [-0.05, 0) is 37.1 Å². The Hall–Kier alpha value is -1.57. The lowest BCUT2D eigenvalue weighted by molar-refractivity contribution is -0.143. The molecule has 1 aliphatic heterocycles. The molecule has 1 aromatic rings. The summed E-state index contributed by atoms with van der Waals surface area (Å²) in [6.45, 7) is 1.18. The van der Waals surface area contributed by atoms with Gasteiger partial charge in [-0.15, -0.1) is 0 Å². The van der Waals surface area contributed by atoms with Crippen LogP contribution < -0.4 is 0 Å². The van der Waals surface area contributed by atoms with Gasteiger partial charge in [0.25, 0.3) is 0 Å². The monoisotopic (exact) mass is 278 g/mol. The van der Waals surface area contributed by atoms with Crippen molar-refractivity contribution in [2.24, 2.45) is 5.92 Å². The van der Waals surface area contributed by atoms with Gasteiger partial charge in [0.15, 0.2) is 0 Å². The minimum absolute atomic E-state index is 0.378. The highest BCUT2D eigenvalue weighted by Gasteiger charge is 2.30. The summed E-state index contributed by atoms with van der Waals surface area (Å²) in [5, 5.41) is 19.1. The number of hydrogen-bond donors (Lipinski definition) is 1. The molecule has 4 nitrogen and oxygen atoms in total. The van der Waals surface area contributed by atoms with Crippen LogP contribution in [0.25, 0.3) is 0 Å². The first-order valence-corrected chi connectivity index (χ1v) is 6.61. The molecule has 0 saturated carbocycles. The van der Waals surface area contributed by atoms with Crippen molar-refractivity contribution in [2.75, 3.05) is 13.1 Å². The zero-order chi connectivity index (χ0) is 13.8. The SMILES string of the molecule is N#CC(c1ccc(Cl)cc1)N1CCCC(C(=O)O)C1. The fraction of sp³-hybridized carbons (Fsp3) is 0.429. The van der Waals surface area contributed by atoms with E-state index in [9.17, 15) is 10.1 Å². The van der Waals surface area contributed by atoms with Gasteiger partial charge in [0.05, 0.1) is 12.0 Å². The Morgan fingerprint density at radius 1 is 1.47 bits per heavy atom. The molecule has 0 radical (unpaired) electrons. The van der Waals surface area contributed by atoms with Crippen LogP contribution >= 0.6 is 11.6 Å². The number of rotatable bonds is 3. The summed E-state index contributed by atoms with van der Waals surface area (Å²) >= 11 is 5.84. The number of carboxylic acid groups (broad SMARTS) is 1. The summed E-state index contributed by atoms with van der Waals surface area (Å²) in [6, 6.07) is 8.99. The predicted molar refractivity (Wildman–Crippen MR) is 71.7 cm³/mol. The molecule has 0 amide bonds. The molecule has 1 aromatic carbocycles. The minimum atomic E-state index is -0.780. The van der Waals surface area contributed by atoms with Crippen LogP contribution in [0.4, 0.5) is 0 Å². The molecule has 1 fully saturated rings. The van der Waals surface area contributed by atoms with Gasteiger partial charge in [0.2, 0.25) is 0 Å². The molecule has 0 spiro atoms. The number of carbonyl (C=O) groups is 1. The molecular formula is C14H15ClN2O2. The van der Waals surface area contributed by atoms with Gasteiger partial charge in [-0.25, -0.2) is 0 Å². The van der Waals surface area contributed by atoms with Gasteiger partial charge < -0.3 is 5.11 Å². The molecule has 5 heteroatoms. The van der Waals surface area contributed by atoms with Crippen molar-refractivity contribution < 1.29 is 9.90 Å². The van der Waals surface area contributed by atoms with Gasteiger partial charge in [0.1, 0.15) is 6.04 Å². The van der Waals surface area contributed by atoms with E-state index in [0.717, 1.165) is 18.5 Å². The number of nitriles is 1. The van der Waals surface area contributed by atoms with E-state index in [0.29, 0.717) is 18.0 Å². The van der Waals surface area contributed by atoms with Crippen molar-refractivity contribution in [1.29, 1.82) is 5.26 Å². The number of hydrogen-bond acceptors (Lipinski definition) is 3. The van der Waals surface area contributed by atoms with E-state index in [1.807, 2.05) is 17.0 Å². The number of carboxylic acids is 1. The van der Waals surface area contributed by atoms with Gasteiger partial charge in [0, 0.05) is 11.6 Å². The standard InChI is InChI=1S/C14H15ClN2O2/c15-12-5-3-10(4-6-12)13(8-16)17-7-1-2-11(9-17)14(18)19/h3-6,11,13H,1-2,7,9H2,(H,18,19). The number of aliphatic carboxylic acids is 1. The van der Waals surface area contributed by atoms with E-state index >= 15 is 0 Å². The molecule has 0 bridgehead atoms. The summed E-state index contributed by atoms with van der Waals surface area (Å²) in [5.74, 6) is -1.16. The molecule has 1 saturated heterocycles. The van der Waals surface area contributed by atoms with E-state index < -0.39 is 12.0 Å². The number of piperidine rings is 1. The maximum absolute atomic E-state index is 11.1. The molecule has 2 rings (SSSR count). The highest BCUT2D eigenvalue weighted by Crippen LogP contribution is 2.27. The lowest BCUT2D eigenvalue weighted by atomic mass is 9.95. The van der Waals surface area contributed by atoms with Crippen molar-refractivity contribution in [3.05, 3.63) is 34.9 Å². The van der Waals surface area contributed by atoms with Crippen LogP contribution in [0.2, 0.25) is 5.02 Å². The Kier molecular flexibility index (Phi) is 4.41. The van der Waals surface area contributed by atoms with E-state index in [2.05, 4.69) is 6.07 Å². The van der Waals surface area contributed by atoms with E-state index in [4.69, 9.17) is 16.7 Å². The van der Waals surface area contributed by atoms with Crippen LogP contribution in [0.15, 0.2) is 24.3 Å². The Morgan fingerprint density at radius 3 is 2.74 bits per heavy atom. The van der Waals surface area contributed by atoms with E-state index in [-0.39, 0.29) is 5.92 Å². The van der Waals surface area contributed by atoms with Crippen LogP contribution in [0, 0.1) is 17.2 Å². The highest BCUT2D eigenvalue weighted by atomic mass is 35.5. The van der Waals surface area contributed by atoms with Crippen molar-refractivity contribution in [1.82, 2.24) is 4.90 Å². The van der Waals surface area contributed by atoms with Gasteiger partial charge in [-0.2, -0.15) is 5.26 Å². The average Bonchev–Trinajstić information content (AvgIpc) is 2.42. The molecule has 2 unspecified atom stereocenters. The van der Waals surface area contributed by atoms with Crippen LogP contribution in [-0.2, 0) is 4.79 Å². The Labute approximate surface area is 117 Å². The average molecular weight is 279 g/mol. The summed E-state index contributed by atoms with van der Waals surface area (Å²) in [7, 11) is 0. The van der Waals surface area contributed by atoms with Gasteiger partial charge in [-0.3, -0.25) is 9.69 Å². The Morgan fingerprint density at radius 2 is 2.16 bits per heavy atom. The lowest BCUT2D eigenvalue weighted by Crippen LogP contribution is -2.40. The number of nitrogens with zero attached hydrogens (tertiary/aromatic N) is 2. The van der Waals surface area contributed by atoms with Crippen LogP contribution in [-0.4, -0.2) is 29.1 Å². The van der Waals surface area contributed by atoms with Crippen molar-refractivity contribution in [3.63, 3.8) is 0 Å². The predicted octanol–water partition coefficient (Wildman–Crippen LogP) is 2.70. The first kappa shape index (κ1) is 13.9. The number of likely N-dealkylation sites (tertiary alicyclic amines) is 1. The van der Waals surface area contributed by atoms with E-state index in [1.54, 1.807) is 12.1 Å². The third-order valence-electron chi connectivity index (χ3n) is 3.48. The Bertz CT molecular complexity index is 495. The Balaban J connectivity index is 2.15. The first-order valence-electron chi connectivity index (χ1n) is 6.23. The molecule has 0 aromatic heterocycles. The van der Waals surface area contributed by atoms with Crippen molar-refractivity contribution in [3.8, 4) is 6.07 Å². The quantitative estimate of drug-likeness (QED) is 0.923. The third kappa shape index (κ3) is 3.25. The molecule has 1 heterocycles. The maximum Gasteiger partial charge on any atom is 0.307 e. The molecule has 19 heavy (non-hydrogen) atoms. The maximum atomic E-state index is 11.1. The van der Waals surface area contributed by atoms with Gasteiger partial charge >= 0.3 is 5.97 Å². The molecule has 1 N–H and O–H groups in total. The van der Waals surface area contributed by atoms with E-state index in [1.165, 1.54) is 0 Å². The molecular weight excluding hydrogens is 264 g/mol. The molecule has 0 aliphatic carbocycles. The number of benzene rings is 1. The minimum Gasteiger partial charge on any atom is -0.481 e. The fourth-order valence-corrected chi connectivity index (χ4v) is 2.58. The summed E-state index contributed by atoms with van der Waals surface area (Å²) in [6.07, 6.45) is 1.49. The third-order valence-corrected chi connectivity index (χ3v) is 3.73. The van der Waals surface area contributed by atoms with Crippen molar-refractivity contribution in [2.45, 2.75) is 18.9 Å². The second-order valence-electron chi connectivity index (χ2n) is 4.76. The summed E-state index contributed by atoms with van der Waals surface area (Å²) in [4.78, 5) is 13.0. The zero-order valence-electron chi connectivity index (χ0n) is 10.4. The highest BCUT2D eigenvalue weighted by molar-refractivity contribution is 6.30. The normalized spacial score (nSPS) is 21.6. The van der Waals surface area contributed by atoms with Crippen LogP contribution in [0.5, 0.6) is 0 Å². The smallest absolute Gasteiger partial charge is 0.307 e. The second-order valence-corrected chi connectivity index (χ2v) is 5.19. The lowest BCUT2D eigenvalue weighted by Gasteiger charge is -2.33. The van der Waals surface area contributed by atoms with Crippen LogP contribution in [0.1, 0.15) is 24.4 Å². The zero-order valence-corrected chi connectivity index (χ0v) is 11.2. The van der Waals surface area contributed by atoms with Crippen LogP contribution in [0.3, 0.4) is 0 Å². The van der Waals surface area contributed by atoms with Gasteiger partial charge in [-0.1, -0.05) is 23.7 Å². The summed E-state index contributed by atoms with van der Waals surface area (Å²) in [5.41, 5.74) is 0.859. The molecule has 100 valence electrons. The summed E-state index contributed by atoms with van der Waals surface area (Å²) < 4.78 is 0. The number of halogens is 1. The second kappa shape index (κ2) is 6.05. The van der Waals surface area contributed by atoms with Crippen molar-refractivity contribution >= 4 is 17.6 Å². The molecule has 2 atom stereocenters. The first-order chi connectivity index (χ1) is 9.11. The largest absolute Gasteiger partial charge is 0.481 e. The fourth-order valence-electron chi connectivity index (χ4n) is 2.45. The topological polar surface area (TPSA) is 64.3 Å².